The number of allylic oxidation sites excluding steroid dienone is 10. The van der Waals surface area contributed by atoms with Crippen LogP contribution in [0.1, 0.15) is 78.5 Å². The van der Waals surface area contributed by atoms with Gasteiger partial charge in [-0.1, -0.05) is 75.4 Å². The Balaban J connectivity index is 3.50. The highest BCUT2D eigenvalue weighted by Gasteiger charge is 2.10. The molecule has 0 saturated heterocycles. The molecule has 1 rings (SSSR count). The van der Waals surface area contributed by atoms with Crippen LogP contribution in [0.4, 0.5) is 0 Å². The normalized spacial score (nSPS) is 15.0. The van der Waals surface area contributed by atoms with Gasteiger partial charge in [-0.05, 0) is 105 Å². The molecule has 0 aromatic heterocycles. The Kier molecular flexibility index (Phi) is 9.89. The summed E-state index contributed by atoms with van der Waals surface area (Å²) in [6, 6.07) is 6.65. The minimum Gasteiger partial charge on any atom is -0.0985 e. The van der Waals surface area contributed by atoms with Crippen LogP contribution < -0.4 is 0 Å². The fraction of sp³-hybridized carbons (Fsp3) is 0.379. The van der Waals surface area contributed by atoms with E-state index in [0.717, 1.165) is 6.42 Å². The first-order valence-corrected chi connectivity index (χ1v) is 10.8. The Bertz CT molecular complexity index is 877. The maximum atomic E-state index is 3.96. The summed E-state index contributed by atoms with van der Waals surface area (Å²) in [6.07, 6.45) is 12.2. The number of rotatable bonds is 8. The SMILES string of the molecule is C=Cc1cc(/C(C)=C(\C)C(=CCC)/C=C(C)/C(=C\C(C)=C/C)C(C)C)ccc1C. The predicted molar refractivity (Wildman–Crippen MR) is 134 cm³/mol. The van der Waals surface area contributed by atoms with Crippen molar-refractivity contribution in [2.75, 3.05) is 0 Å². The van der Waals surface area contributed by atoms with Crippen LogP contribution in [0, 0.1) is 12.8 Å². The van der Waals surface area contributed by atoms with Crippen molar-refractivity contribution >= 4 is 11.6 Å². The molecule has 0 radical (unpaired) electrons. The van der Waals surface area contributed by atoms with Crippen molar-refractivity contribution in [1.29, 1.82) is 0 Å². The van der Waals surface area contributed by atoms with Crippen LogP contribution in [0.15, 0.2) is 76.9 Å². The summed E-state index contributed by atoms with van der Waals surface area (Å²) in [5, 5.41) is 0. The quantitative estimate of drug-likeness (QED) is 0.389. The van der Waals surface area contributed by atoms with E-state index in [-0.39, 0.29) is 0 Å². The van der Waals surface area contributed by atoms with Crippen molar-refractivity contribution in [3.8, 4) is 0 Å². The van der Waals surface area contributed by atoms with E-state index in [9.17, 15) is 0 Å². The lowest BCUT2D eigenvalue weighted by atomic mass is 9.89. The summed E-state index contributed by atoms with van der Waals surface area (Å²) in [6.45, 7) is 23.8. The van der Waals surface area contributed by atoms with Crippen LogP contribution in [-0.2, 0) is 0 Å². The van der Waals surface area contributed by atoms with Gasteiger partial charge in [0.15, 0.2) is 0 Å². The summed E-state index contributed by atoms with van der Waals surface area (Å²) < 4.78 is 0. The van der Waals surface area contributed by atoms with Crippen LogP contribution in [0.2, 0.25) is 0 Å². The lowest BCUT2D eigenvalue weighted by molar-refractivity contribution is 0.776. The van der Waals surface area contributed by atoms with E-state index >= 15 is 0 Å². The molecular formula is C29H40. The highest BCUT2D eigenvalue weighted by atomic mass is 14.1. The average Bonchev–Trinajstić information content (AvgIpc) is 2.70. The monoisotopic (exact) mass is 388 g/mol. The molecule has 0 bridgehead atoms. The van der Waals surface area contributed by atoms with Gasteiger partial charge in [0.1, 0.15) is 0 Å². The van der Waals surface area contributed by atoms with Gasteiger partial charge in [0.05, 0.1) is 0 Å². The van der Waals surface area contributed by atoms with Gasteiger partial charge in [0.25, 0.3) is 0 Å². The van der Waals surface area contributed by atoms with E-state index in [1.165, 1.54) is 50.1 Å². The zero-order valence-corrected chi connectivity index (χ0v) is 20.1. The Morgan fingerprint density at radius 2 is 1.72 bits per heavy atom. The molecule has 0 nitrogen and oxygen atoms in total. The molecule has 0 unspecified atom stereocenters. The third kappa shape index (κ3) is 6.89. The second-order valence-corrected chi connectivity index (χ2v) is 8.21. The van der Waals surface area contributed by atoms with Gasteiger partial charge in [-0.15, -0.1) is 0 Å². The zero-order valence-electron chi connectivity index (χ0n) is 20.1. The van der Waals surface area contributed by atoms with Crippen LogP contribution in [0.3, 0.4) is 0 Å². The molecule has 0 amide bonds. The number of hydrogen-bond acceptors (Lipinski definition) is 0. The molecule has 0 spiro atoms. The lowest BCUT2D eigenvalue weighted by Crippen LogP contribution is -1.98. The molecule has 29 heavy (non-hydrogen) atoms. The Morgan fingerprint density at radius 3 is 2.24 bits per heavy atom. The topological polar surface area (TPSA) is 0 Å². The molecule has 0 aliphatic rings. The summed E-state index contributed by atoms with van der Waals surface area (Å²) >= 11 is 0. The van der Waals surface area contributed by atoms with Gasteiger partial charge >= 0.3 is 0 Å². The van der Waals surface area contributed by atoms with Crippen molar-refractivity contribution in [1.82, 2.24) is 0 Å². The minimum absolute atomic E-state index is 0.488. The fourth-order valence-electron chi connectivity index (χ4n) is 3.45. The fourth-order valence-corrected chi connectivity index (χ4v) is 3.45. The molecule has 0 aliphatic carbocycles. The molecule has 0 N–H and O–H groups in total. The number of hydrogen-bond donors (Lipinski definition) is 0. The van der Waals surface area contributed by atoms with E-state index in [4.69, 9.17) is 0 Å². The molecule has 0 heterocycles. The van der Waals surface area contributed by atoms with Crippen molar-refractivity contribution in [2.24, 2.45) is 5.92 Å². The summed E-state index contributed by atoms with van der Waals surface area (Å²) in [5.41, 5.74) is 11.7. The van der Waals surface area contributed by atoms with Gasteiger partial charge in [-0.25, -0.2) is 0 Å². The largest absolute Gasteiger partial charge is 0.0985 e. The van der Waals surface area contributed by atoms with Crippen molar-refractivity contribution < 1.29 is 0 Å². The van der Waals surface area contributed by atoms with Crippen LogP contribution in [0.5, 0.6) is 0 Å². The second kappa shape index (κ2) is 11.6. The molecule has 0 fully saturated rings. The standard InChI is InChI=1S/C29H40/c1-11-14-27(18-23(8)29(20(4)5)17-21(6)12-2)24(9)25(10)28-16-15-22(7)26(13-3)19-28/h12-20H,3,11H2,1-2,4-10H3/b21-12-,23-18+,25-24+,27-14?,29-17-. The van der Waals surface area contributed by atoms with Gasteiger partial charge in [-0.3, -0.25) is 0 Å². The van der Waals surface area contributed by atoms with Gasteiger partial charge in [0.2, 0.25) is 0 Å². The third-order valence-electron chi connectivity index (χ3n) is 5.64. The second-order valence-electron chi connectivity index (χ2n) is 8.21. The maximum Gasteiger partial charge on any atom is -0.0216 e. The third-order valence-corrected chi connectivity index (χ3v) is 5.64. The highest BCUT2D eigenvalue weighted by molar-refractivity contribution is 5.74. The van der Waals surface area contributed by atoms with E-state index < -0.39 is 0 Å². The Morgan fingerprint density at radius 1 is 1.07 bits per heavy atom. The van der Waals surface area contributed by atoms with E-state index in [1.54, 1.807) is 0 Å². The minimum atomic E-state index is 0.488. The van der Waals surface area contributed by atoms with Crippen LogP contribution >= 0.6 is 0 Å². The highest BCUT2D eigenvalue weighted by Crippen LogP contribution is 2.29. The van der Waals surface area contributed by atoms with Crippen LogP contribution in [0.25, 0.3) is 11.6 Å². The smallest absolute Gasteiger partial charge is 0.0216 e. The van der Waals surface area contributed by atoms with E-state index in [1.807, 2.05) is 6.08 Å². The first kappa shape index (κ1) is 24.7. The first-order valence-electron chi connectivity index (χ1n) is 10.8. The lowest BCUT2D eigenvalue weighted by Gasteiger charge is -2.16. The van der Waals surface area contributed by atoms with Crippen molar-refractivity contribution in [3.63, 3.8) is 0 Å². The summed E-state index contributed by atoms with van der Waals surface area (Å²) in [5.74, 6) is 0.488. The number of benzene rings is 1. The number of aryl methyl sites for hydroxylation is 1. The molecule has 1 aromatic rings. The molecule has 0 saturated carbocycles. The van der Waals surface area contributed by atoms with Crippen LogP contribution in [-0.4, -0.2) is 0 Å². The molecule has 0 heteroatoms. The van der Waals surface area contributed by atoms with E-state index in [0.29, 0.717) is 5.92 Å². The average molecular weight is 389 g/mol. The Labute approximate surface area is 180 Å². The Hall–Kier alpha value is -2.34. The van der Waals surface area contributed by atoms with Crippen molar-refractivity contribution in [3.05, 3.63) is 93.6 Å². The first-order chi connectivity index (χ1) is 13.7. The van der Waals surface area contributed by atoms with Gasteiger partial charge < -0.3 is 0 Å². The van der Waals surface area contributed by atoms with E-state index in [2.05, 4.69) is 111 Å². The maximum absolute atomic E-state index is 3.96. The van der Waals surface area contributed by atoms with Crippen molar-refractivity contribution in [2.45, 2.75) is 68.7 Å². The molecule has 1 aromatic carbocycles. The molecule has 0 aliphatic heterocycles. The molecular weight excluding hydrogens is 348 g/mol. The summed E-state index contributed by atoms with van der Waals surface area (Å²) in [7, 11) is 0. The predicted octanol–water partition coefficient (Wildman–Crippen LogP) is 9.26. The van der Waals surface area contributed by atoms with Gasteiger partial charge in [-0.2, -0.15) is 0 Å². The molecule has 156 valence electrons. The zero-order chi connectivity index (χ0) is 22.1. The summed E-state index contributed by atoms with van der Waals surface area (Å²) in [4.78, 5) is 0. The molecule has 0 atom stereocenters. The van der Waals surface area contributed by atoms with Gasteiger partial charge in [0, 0.05) is 0 Å².